The van der Waals surface area contributed by atoms with Gasteiger partial charge >= 0.3 is 0 Å². The second-order valence-corrected chi connectivity index (χ2v) is 6.92. The fraction of sp³-hybridized carbons (Fsp3) is 0.917. The molecule has 0 amide bonds. The van der Waals surface area contributed by atoms with Crippen LogP contribution >= 0.6 is 0 Å². The summed E-state index contributed by atoms with van der Waals surface area (Å²) in [7, 11) is -1.69. The molecule has 1 saturated carbocycles. The van der Waals surface area contributed by atoms with Crippen molar-refractivity contribution in [3.8, 4) is 0 Å². The minimum Gasteiger partial charge on any atom is -0.385 e. The number of ketones is 1. The summed E-state index contributed by atoms with van der Waals surface area (Å²) in [5.41, 5.74) is 0. The zero-order valence-electron chi connectivity index (χ0n) is 10.5. The van der Waals surface area contributed by atoms with E-state index in [0.29, 0.717) is 13.0 Å². The maximum Gasteiger partial charge on any atom is 0.157 e. The van der Waals surface area contributed by atoms with Crippen LogP contribution in [0, 0.1) is 5.92 Å². The Bertz CT molecular complexity index is 328. The summed E-state index contributed by atoms with van der Waals surface area (Å²) in [4.78, 5) is 11.8. The lowest BCUT2D eigenvalue weighted by Crippen LogP contribution is -2.27. The summed E-state index contributed by atoms with van der Waals surface area (Å²) < 4.78 is 28.2. The van der Waals surface area contributed by atoms with Crippen LogP contribution in [-0.4, -0.2) is 39.4 Å². The molecule has 0 atom stereocenters. The summed E-state index contributed by atoms with van der Waals surface area (Å²) in [6.07, 6.45) is 5.49. The largest absolute Gasteiger partial charge is 0.385 e. The van der Waals surface area contributed by atoms with Crippen molar-refractivity contribution in [2.45, 2.75) is 38.5 Å². The molecule has 0 radical (unpaired) electrons. The van der Waals surface area contributed by atoms with E-state index in [4.69, 9.17) is 4.74 Å². The molecule has 0 aromatic heterocycles. The monoisotopic (exact) mass is 262 g/mol. The van der Waals surface area contributed by atoms with E-state index in [1.807, 2.05) is 0 Å². The van der Waals surface area contributed by atoms with Gasteiger partial charge in [0, 0.05) is 19.6 Å². The van der Waals surface area contributed by atoms with Crippen LogP contribution in [0.15, 0.2) is 0 Å². The number of hydrogen-bond acceptors (Lipinski definition) is 4. The van der Waals surface area contributed by atoms with Crippen LogP contribution in [0.2, 0.25) is 0 Å². The molecule has 0 aliphatic heterocycles. The highest BCUT2D eigenvalue weighted by molar-refractivity contribution is 7.92. The van der Waals surface area contributed by atoms with Crippen molar-refractivity contribution in [1.29, 1.82) is 0 Å². The summed E-state index contributed by atoms with van der Waals surface area (Å²) >= 11 is 0. The van der Waals surface area contributed by atoms with Gasteiger partial charge in [0.25, 0.3) is 0 Å². The molecule has 0 saturated heterocycles. The van der Waals surface area contributed by atoms with Crippen molar-refractivity contribution in [2.24, 2.45) is 5.92 Å². The summed E-state index contributed by atoms with van der Waals surface area (Å²) in [6, 6.07) is 0. The lowest BCUT2D eigenvalue weighted by Gasteiger charge is -2.20. The first-order valence-electron chi connectivity index (χ1n) is 6.27. The van der Waals surface area contributed by atoms with Crippen LogP contribution in [0.3, 0.4) is 0 Å². The van der Waals surface area contributed by atoms with Gasteiger partial charge in [-0.15, -0.1) is 0 Å². The Balaban J connectivity index is 2.37. The highest BCUT2D eigenvalue weighted by Gasteiger charge is 2.25. The van der Waals surface area contributed by atoms with Crippen molar-refractivity contribution in [1.82, 2.24) is 0 Å². The fourth-order valence-electron chi connectivity index (χ4n) is 2.25. The number of rotatable bonds is 7. The van der Waals surface area contributed by atoms with Crippen LogP contribution in [-0.2, 0) is 19.4 Å². The molecule has 0 spiro atoms. The average Bonchev–Trinajstić information content (AvgIpc) is 2.30. The summed E-state index contributed by atoms with van der Waals surface area (Å²) in [5.74, 6) is -0.316. The third-order valence-corrected chi connectivity index (χ3v) is 4.86. The number of carbonyl (C=O) groups excluding carboxylic acids is 1. The van der Waals surface area contributed by atoms with Crippen LogP contribution in [0.25, 0.3) is 0 Å². The smallest absolute Gasteiger partial charge is 0.157 e. The van der Waals surface area contributed by atoms with Gasteiger partial charge in [-0.1, -0.05) is 19.3 Å². The lowest BCUT2D eigenvalue weighted by atomic mass is 9.87. The summed E-state index contributed by atoms with van der Waals surface area (Å²) in [5, 5.41) is 0. The van der Waals surface area contributed by atoms with Gasteiger partial charge in [-0.2, -0.15) is 0 Å². The predicted molar refractivity (Wildman–Crippen MR) is 66.7 cm³/mol. The van der Waals surface area contributed by atoms with Gasteiger partial charge in [0.1, 0.15) is 5.75 Å². The minimum absolute atomic E-state index is 0.0130. The van der Waals surface area contributed by atoms with Crippen LogP contribution in [0.1, 0.15) is 38.5 Å². The van der Waals surface area contributed by atoms with E-state index < -0.39 is 9.84 Å². The van der Waals surface area contributed by atoms with E-state index in [-0.39, 0.29) is 23.2 Å². The van der Waals surface area contributed by atoms with Gasteiger partial charge in [0.2, 0.25) is 0 Å². The van der Waals surface area contributed by atoms with Crippen LogP contribution in [0.5, 0.6) is 0 Å². The molecule has 100 valence electrons. The van der Waals surface area contributed by atoms with E-state index in [1.165, 1.54) is 6.42 Å². The first-order chi connectivity index (χ1) is 8.05. The molecule has 5 heteroatoms. The Morgan fingerprint density at radius 3 is 2.47 bits per heavy atom. The number of carbonyl (C=O) groups is 1. The minimum atomic E-state index is -3.23. The predicted octanol–water partition coefficient (Wildman–Crippen LogP) is 1.59. The molecule has 4 nitrogen and oxygen atoms in total. The van der Waals surface area contributed by atoms with Gasteiger partial charge in [-0.3, -0.25) is 4.79 Å². The Hall–Kier alpha value is -0.420. The second-order valence-electron chi connectivity index (χ2n) is 4.74. The Kier molecular flexibility index (Phi) is 6.12. The normalized spacial score (nSPS) is 18.2. The van der Waals surface area contributed by atoms with E-state index in [2.05, 4.69) is 0 Å². The van der Waals surface area contributed by atoms with Gasteiger partial charge < -0.3 is 4.74 Å². The van der Waals surface area contributed by atoms with Crippen LogP contribution in [0.4, 0.5) is 0 Å². The first kappa shape index (κ1) is 14.6. The Morgan fingerprint density at radius 2 is 1.88 bits per heavy atom. The molecule has 0 aromatic carbocycles. The molecule has 1 aliphatic rings. The molecule has 1 rings (SSSR count). The second kappa shape index (κ2) is 7.11. The maximum absolute atomic E-state index is 11.8. The van der Waals surface area contributed by atoms with Gasteiger partial charge in [-0.05, 0) is 19.3 Å². The molecule has 0 heterocycles. The topological polar surface area (TPSA) is 60.4 Å². The molecular weight excluding hydrogens is 240 g/mol. The molecule has 1 aliphatic carbocycles. The standard InChI is InChI=1S/C12H22O4S/c1-16-8-5-9-17(14,15)10-12(13)11-6-3-2-4-7-11/h11H,2-10H2,1H3. The van der Waals surface area contributed by atoms with Gasteiger partial charge in [0.05, 0.1) is 5.75 Å². The Labute approximate surface area is 104 Å². The zero-order valence-corrected chi connectivity index (χ0v) is 11.3. The highest BCUT2D eigenvalue weighted by Crippen LogP contribution is 2.24. The van der Waals surface area contributed by atoms with E-state index in [0.717, 1.165) is 25.7 Å². The van der Waals surface area contributed by atoms with E-state index in [1.54, 1.807) is 7.11 Å². The molecule has 0 unspecified atom stereocenters. The summed E-state index contributed by atoms with van der Waals surface area (Å²) in [6.45, 7) is 0.427. The molecular formula is C12H22O4S. The molecule has 17 heavy (non-hydrogen) atoms. The van der Waals surface area contributed by atoms with Gasteiger partial charge in [0.15, 0.2) is 15.6 Å². The van der Waals surface area contributed by atoms with Crippen molar-refractivity contribution >= 4 is 15.6 Å². The molecule has 0 bridgehead atoms. The molecule has 0 N–H and O–H groups in total. The zero-order chi connectivity index (χ0) is 12.7. The Morgan fingerprint density at radius 1 is 1.24 bits per heavy atom. The van der Waals surface area contributed by atoms with Crippen molar-refractivity contribution in [3.05, 3.63) is 0 Å². The number of hydrogen-bond donors (Lipinski definition) is 0. The van der Waals surface area contributed by atoms with Crippen molar-refractivity contribution in [3.63, 3.8) is 0 Å². The molecule has 1 fully saturated rings. The van der Waals surface area contributed by atoms with Gasteiger partial charge in [-0.25, -0.2) is 8.42 Å². The lowest BCUT2D eigenvalue weighted by molar-refractivity contribution is -0.121. The van der Waals surface area contributed by atoms with Crippen LogP contribution < -0.4 is 0 Å². The third-order valence-electron chi connectivity index (χ3n) is 3.23. The number of methoxy groups -OCH3 is 1. The molecule has 0 aromatic rings. The third kappa shape index (κ3) is 5.64. The number of ether oxygens (including phenoxy) is 1. The number of sulfone groups is 1. The fourth-order valence-corrected chi connectivity index (χ4v) is 3.63. The van der Waals surface area contributed by atoms with E-state index >= 15 is 0 Å². The van der Waals surface area contributed by atoms with E-state index in [9.17, 15) is 13.2 Å². The van der Waals surface area contributed by atoms with Crippen molar-refractivity contribution < 1.29 is 17.9 Å². The highest BCUT2D eigenvalue weighted by atomic mass is 32.2. The number of Topliss-reactive ketones (excluding diaryl/α,β-unsaturated/α-hetero) is 1. The SMILES string of the molecule is COCCCS(=O)(=O)CC(=O)C1CCCCC1. The first-order valence-corrected chi connectivity index (χ1v) is 8.09. The average molecular weight is 262 g/mol. The quantitative estimate of drug-likeness (QED) is 0.654. The van der Waals surface area contributed by atoms with Crippen molar-refractivity contribution in [2.75, 3.05) is 25.2 Å². The maximum atomic E-state index is 11.8.